The highest BCUT2D eigenvalue weighted by Crippen LogP contribution is 2.10. The maximum Gasteiger partial charge on any atom is 0.338 e. The lowest BCUT2D eigenvalue weighted by atomic mass is 10.1. The number of hydrogen-bond donors (Lipinski definition) is 2. The molecule has 1 aliphatic rings. The minimum atomic E-state index is -0.354. The van der Waals surface area contributed by atoms with Crippen LogP contribution in [0.5, 0.6) is 0 Å². The van der Waals surface area contributed by atoms with Gasteiger partial charge in [0.15, 0.2) is 0 Å². The Hall–Kier alpha value is -2.43. The maximum absolute atomic E-state index is 12.1. The Morgan fingerprint density at radius 2 is 2.27 bits per heavy atom. The first-order valence-electron chi connectivity index (χ1n) is 7.17. The van der Waals surface area contributed by atoms with Gasteiger partial charge in [0, 0.05) is 0 Å². The number of nitrogens with two attached hydrogens (primary N) is 1. The molecule has 0 saturated carbocycles. The number of rotatable bonds is 5. The smallest absolute Gasteiger partial charge is 0.338 e. The van der Waals surface area contributed by atoms with Crippen LogP contribution in [-0.2, 0) is 4.74 Å². The van der Waals surface area contributed by atoms with E-state index >= 15 is 0 Å². The molecule has 0 aromatic heterocycles. The number of ether oxygens (including phenoxy) is 1. The maximum atomic E-state index is 12.1. The quantitative estimate of drug-likeness (QED) is 0.624. The van der Waals surface area contributed by atoms with Gasteiger partial charge in [-0.1, -0.05) is 30.9 Å². The second-order valence-electron chi connectivity index (χ2n) is 4.95. The van der Waals surface area contributed by atoms with E-state index in [2.05, 4.69) is 18.7 Å². The first kappa shape index (κ1) is 15.9. The lowest BCUT2D eigenvalue weighted by molar-refractivity contribution is -0.838. The first-order valence-corrected chi connectivity index (χ1v) is 7.17. The summed E-state index contributed by atoms with van der Waals surface area (Å²) in [5.74, 6) is -0.354. The SMILES string of the molecule is C=c1ccc(C(=O)OCC2=CCCC=C2)cc1=CC=C[NH2+]O. The topological polar surface area (TPSA) is 63.1 Å². The van der Waals surface area contributed by atoms with Crippen molar-refractivity contribution in [1.29, 1.82) is 0 Å². The van der Waals surface area contributed by atoms with Crippen LogP contribution < -0.4 is 15.9 Å². The Balaban J connectivity index is 2.09. The zero-order valence-corrected chi connectivity index (χ0v) is 12.4. The second kappa shape index (κ2) is 8.12. The zero-order chi connectivity index (χ0) is 15.8. The summed E-state index contributed by atoms with van der Waals surface area (Å²) < 4.78 is 5.33. The van der Waals surface area contributed by atoms with E-state index in [0.717, 1.165) is 34.3 Å². The molecule has 0 heterocycles. The van der Waals surface area contributed by atoms with Crippen molar-refractivity contribution >= 4 is 18.6 Å². The molecule has 1 aromatic rings. The van der Waals surface area contributed by atoms with E-state index in [1.807, 2.05) is 6.08 Å². The highest BCUT2D eigenvalue weighted by molar-refractivity contribution is 5.89. The molecule has 1 aliphatic carbocycles. The lowest BCUT2D eigenvalue weighted by Crippen LogP contribution is -2.73. The molecule has 22 heavy (non-hydrogen) atoms. The molecular weight excluding hydrogens is 278 g/mol. The molecule has 1 aromatic carbocycles. The van der Waals surface area contributed by atoms with Crippen LogP contribution in [0.15, 0.2) is 54.3 Å². The van der Waals surface area contributed by atoms with Crippen LogP contribution in [0.25, 0.3) is 12.7 Å². The summed E-state index contributed by atoms with van der Waals surface area (Å²) in [5, 5.41) is 10.2. The van der Waals surface area contributed by atoms with Gasteiger partial charge < -0.3 is 4.74 Å². The number of benzene rings is 1. The highest BCUT2D eigenvalue weighted by Gasteiger charge is 2.08. The van der Waals surface area contributed by atoms with Crippen molar-refractivity contribution in [2.75, 3.05) is 6.61 Å². The van der Waals surface area contributed by atoms with Gasteiger partial charge in [-0.25, -0.2) is 10.0 Å². The Morgan fingerprint density at radius 3 is 3.00 bits per heavy atom. The molecule has 4 heteroatoms. The summed E-state index contributed by atoms with van der Waals surface area (Å²) in [6, 6.07) is 5.21. The summed E-state index contributed by atoms with van der Waals surface area (Å²) in [7, 11) is 0. The molecule has 4 nitrogen and oxygen atoms in total. The first-order chi connectivity index (χ1) is 10.7. The molecule has 0 aliphatic heterocycles. The number of quaternary nitrogens is 1. The minimum absolute atomic E-state index is 0.292. The number of hydroxylamine groups is 1. The van der Waals surface area contributed by atoms with Crippen LogP contribution >= 0.6 is 0 Å². The van der Waals surface area contributed by atoms with E-state index in [9.17, 15) is 4.79 Å². The van der Waals surface area contributed by atoms with Crippen molar-refractivity contribution in [3.05, 3.63) is 70.3 Å². The second-order valence-corrected chi connectivity index (χ2v) is 4.95. The van der Waals surface area contributed by atoms with Crippen LogP contribution in [0.1, 0.15) is 23.2 Å². The standard InChI is InChI=1S/C18H19NO3/c1-14-9-10-17(12-16(14)8-5-11-19-21)18(20)22-13-15-6-3-2-4-7-15/h3,5-12,19,21H,1-2,4,13H2/p+1. The predicted molar refractivity (Wildman–Crippen MR) is 85.3 cm³/mol. The van der Waals surface area contributed by atoms with Crippen molar-refractivity contribution in [2.45, 2.75) is 12.8 Å². The summed E-state index contributed by atoms with van der Waals surface area (Å²) in [6.07, 6.45) is 13.1. The number of allylic oxidation sites excluding steroid dienone is 3. The van der Waals surface area contributed by atoms with Crippen molar-refractivity contribution in [3.63, 3.8) is 0 Å². The van der Waals surface area contributed by atoms with Crippen molar-refractivity contribution in [1.82, 2.24) is 0 Å². The fraction of sp³-hybridized carbons (Fsp3) is 0.167. The minimum Gasteiger partial charge on any atom is -0.457 e. The average Bonchev–Trinajstić information content (AvgIpc) is 2.55. The monoisotopic (exact) mass is 298 g/mol. The van der Waals surface area contributed by atoms with Gasteiger partial charge in [0.25, 0.3) is 0 Å². The van der Waals surface area contributed by atoms with Gasteiger partial charge in [-0.2, -0.15) is 5.48 Å². The highest BCUT2D eigenvalue weighted by atomic mass is 16.5. The van der Waals surface area contributed by atoms with E-state index in [0.29, 0.717) is 12.2 Å². The van der Waals surface area contributed by atoms with Crippen LogP contribution in [0.4, 0.5) is 0 Å². The summed E-state index contributed by atoms with van der Waals surface area (Å²) in [6.45, 7) is 4.20. The number of carbonyl (C=O) groups excluding carboxylic acids is 1. The average molecular weight is 298 g/mol. The fourth-order valence-electron chi connectivity index (χ4n) is 2.09. The normalized spacial score (nSPS) is 15.1. The summed E-state index contributed by atoms with van der Waals surface area (Å²) in [4.78, 5) is 12.1. The number of carbonyl (C=O) groups is 1. The zero-order valence-electron chi connectivity index (χ0n) is 12.4. The van der Waals surface area contributed by atoms with Crippen LogP contribution in [0.2, 0.25) is 0 Å². The van der Waals surface area contributed by atoms with Gasteiger partial charge in [-0.15, -0.1) is 0 Å². The Kier molecular flexibility index (Phi) is 5.89. The molecule has 0 spiro atoms. The fourth-order valence-corrected chi connectivity index (χ4v) is 2.09. The van der Waals surface area contributed by atoms with E-state index in [-0.39, 0.29) is 5.97 Å². The molecule has 114 valence electrons. The molecule has 0 unspecified atom stereocenters. The van der Waals surface area contributed by atoms with E-state index in [1.54, 1.807) is 30.4 Å². The molecule has 3 N–H and O–H groups in total. The van der Waals surface area contributed by atoms with Crippen LogP contribution in [0, 0.1) is 0 Å². The van der Waals surface area contributed by atoms with Crippen molar-refractivity contribution < 1.29 is 20.2 Å². The van der Waals surface area contributed by atoms with Crippen molar-refractivity contribution in [3.8, 4) is 0 Å². The Bertz CT molecular complexity index is 729. The van der Waals surface area contributed by atoms with Gasteiger partial charge in [0.2, 0.25) is 0 Å². The molecule has 0 saturated heterocycles. The van der Waals surface area contributed by atoms with E-state index < -0.39 is 0 Å². The van der Waals surface area contributed by atoms with Crippen molar-refractivity contribution in [2.24, 2.45) is 0 Å². The molecule has 0 fully saturated rings. The summed E-state index contributed by atoms with van der Waals surface area (Å²) >= 11 is 0. The molecule has 0 amide bonds. The Morgan fingerprint density at radius 1 is 1.41 bits per heavy atom. The third-order valence-corrected chi connectivity index (χ3v) is 3.30. The molecule has 2 rings (SSSR count). The number of esters is 1. The third-order valence-electron chi connectivity index (χ3n) is 3.30. The van der Waals surface area contributed by atoms with Gasteiger partial charge in [0.05, 0.1) is 5.56 Å². The van der Waals surface area contributed by atoms with Gasteiger partial charge >= 0.3 is 5.97 Å². The number of hydrogen-bond acceptors (Lipinski definition) is 3. The summed E-state index contributed by atoms with van der Waals surface area (Å²) in [5.41, 5.74) is 2.46. The Labute approximate surface area is 129 Å². The molecule has 0 radical (unpaired) electrons. The van der Waals surface area contributed by atoms with Gasteiger partial charge in [-0.05, 0) is 53.1 Å². The lowest BCUT2D eigenvalue weighted by Gasteiger charge is -2.08. The third kappa shape index (κ3) is 4.55. The van der Waals surface area contributed by atoms with E-state index in [4.69, 9.17) is 9.94 Å². The molecular formula is C18H20NO3+. The largest absolute Gasteiger partial charge is 0.457 e. The van der Waals surface area contributed by atoms with Crippen LogP contribution in [0.3, 0.4) is 0 Å². The van der Waals surface area contributed by atoms with Gasteiger partial charge in [0.1, 0.15) is 12.8 Å². The predicted octanol–water partition coefficient (Wildman–Crippen LogP) is 0.777. The van der Waals surface area contributed by atoms with E-state index in [1.165, 1.54) is 6.20 Å². The van der Waals surface area contributed by atoms with Crippen LogP contribution in [-0.4, -0.2) is 17.8 Å². The molecule has 0 atom stereocenters. The molecule has 0 bridgehead atoms. The van der Waals surface area contributed by atoms with Gasteiger partial charge in [-0.3, -0.25) is 0 Å².